The smallest absolute Gasteiger partial charge is 0.290 e. The maximum atomic E-state index is 13.5. The Balaban J connectivity index is 1.49. The van der Waals surface area contributed by atoms with Crippen LogP contribution in [0.25, 0.3) is 0 Å². The fourth-order valence-electron chi connectivity index (χ4n) is 4.12. The summed E-state index contributed by atoms with van der Waals surface area (Å²) in [5.41, 5.74) is 2.08. The second-order valence-corrected chi connectivity index (χ2v) is 8.19. The molecule has 29 heavy (non-hydrogen) atoms. The summed E-state index contributed by atoms with van der Waals surface area (Å²) < 4.78 is 13.5. The molecule has 3 rings (SSSR count). The Morgan fingerprint density at radius 3 is 2.62 bits per heavy atom. The summed E-state index contributed by atoms with van der Waals surface area (Å²) >= 11 is 0. The second kappa shape index (κ2) is 8.84. The van der Waals surface area contributed by atoms with Gasteiger partial charge in [0.05, 0.1) is 0 Å². The first-order chi connectivity index (χ1) is 13.8. The molecule has 0 saturated carbocycles. The molecule has 1 aromatic rings. The van der Waals surface area contributed by atoms with Crippen LogP contribution in [0.5, 0.6) is 0 Å². The van der Waals surface area contributed by atoms with Crippen molar-refractivity contribution >= 4 is 11.8 Å². The van der Waals surface area contributed by atoms with E-state index in [1.807, 2.05) is 24.8 Å². The zero-order chi connectivity index (χ0) is 21.1. The molecule has 2 aliphatic rings. The van der Waals surface area contributed by atoms with Crippen LogP contribution in [-0.2, 0) is 16.0 Å². The highest BCUT2D eigenvalue weighted by atomic mass is 19.1. The zero-order valence-corrected chi connectivity index (χ0v) is 17.4. The average Bonchev–Trinajstić information content (AvgIpc) is 2.65. The predicted molar refractivity (Wildman–Crippen MR) is 108 cm³/mol. The number of aliphatic hydroxyl groups excluding tert-OH is 1. The fraction of sp³-hybridized carbons (Fsp3) is 0.545. The van der Waals surface area contributed by atoms with Crippen molar-refractivity contribution in [3.63, 3.8) is 0 Å². The lowest BCUT2D eigenvalue weighted by Gasteiger charge is -2.46. The van der Waals surface area contributed by atoms with Gasteiger partial charge in [-0.3, -0.25) is 9.59 Å². The maximum absolute atomic E-state index is 13.5. The van der Waals surface area contributed by atoms with Gasteiger partial charge in [-0.25, -0.2) is 4.39 Å². The summed E-state index contributed by atoms with van der Waals surface area (Å²) in [6, 6.07) is 5.15. The summed E-state index contributed by atoms with van der Waals surface area (Å²) in [6.45, 7) is 4.42. The van der Waals surface area contributed by atoms with Crippen molar-refractivity contribution in [1.29, 1.82) is 0 Å². The number of benzene rings is 1. The average molecular weight is 403 g/mol. The number of likely N-dealkylation sites (N-methyl/N-ethyl adjacent to an activating group) is 1. The minimum Gasteiger partial charge on any atom is -0.501 e. The molecule has 7 heteroatoms. The normalized spacial score (nSPS) is 22.1. The molecule has 2 aliphatic heterocycles. The second-order valence-electron chi connectivity index (χ2n) is 8.19. The number of piperazine rings is 1. The van der Waals surface area contributed by atoms with Crippen LogP contribution < -0.4 is 5.32 Å². The van der Waals surface area contributed by atoms with E-state index in [0.29, 0.717) is 13.0 Å². The van der Waals surface area contributed by atoms with Gasteiger partial charge in [0.15, 0.2) is 5.70 Å². The van der Waals surface area contributed by atoms with Gasteiger partial charge in [-0.05, 0) is 62.8 Å². The summed E-state index contributed by atoms with van der Waals surface area (Å²) in [4.78, 5) is 28.0. The topological polar surface area (TPSA) is 72.9 Å². The van der Waals surface area contributed by atoms with Gasteiger partial charge >= 0.3 is 0 Å². The summed E-state index contributed by atoms with van der Waals surface area (Å²) in [6.07, 6.45) is 5.17. The molecule has 158 valence electrons. The van der Waals surface area contributed by atoms with Crippen molar-refractivity contribution in [2.45, 2.75) is 64.6 Å². The number of nitrogens with zero attached hydrogens (tertiary/aromatic N) is 2. The van der Waals surface area contributed by atoms with Gasteiger partial charge in [0.1, 0.15) is 12.0 Å². The summed E-state index contributed by atoms with van der Waals surface area (Å²) in [7, 11) is 1.69. The van der Waals surface area contributed by atoms with Gasteiger partial charge in [0, 0.05) is 19.6 Å². The molecule has 2 amide bonds. The SMILES string of the molecule is Cc1cc(F)cc(CCCCCCC2NC(=O)C(O)=C3C(=O)N(C)[C@@H](C)CN32)c1. The Morgan fingerprint density at radius 1 is 1.17 bits per heavy atom. The Morgan fingerprint density at radius 2 is 1.90 bits per heavy atom. The van der Waals surface area contributed by atoms with Gasteiger partial charge < -0.3 is 20.2 Å². The van der Waals surface area contributed by atoms with Crippen LogP contribution in [0.15, 0.2) is 29.7 Å². The van der Waals surface area contributed by atoms with Crippen molar-refractivity contribution < 1.29 is 19.1 Å². The van der Waals surface area contributed by atoms with Crippen LogP contribution in [-0.4, -0.2) is 52.5 Å². The molecular weight excluding hydrogens is 373 g/mol. The minimum absolute atomic E-state index is 0.00581. The molecule has 6 nitrogen and oxygen atoms in total. The quantitative estimate of drug-likeness (QED) is 0.687. The maximum Gasteiger partial charge on any atom is 0.290 e. The first kappa shape index (κ1) is 21.1. The largest absolute Gasteiger partial charge is 0.501 e. The van der Waals surface area contributed by atoms with E-state index < -0.39 is 11.7 Å². The lowest BCUT2D eigenvalue weighted by atomic mass is 10.0. The van der Waals surface area contributed by atoms with Gasteiger partial charge in [-0.15, -0.1) is 0 Å². The zero-order valence-electron chi connectivity index (χ0n) is 17.4. The van der Waals surface area contributed by atoms with Crippen molar-refractivity contribution in [3.05, 3.63) is 46.6 Å². The fourth-order valence-corrected chi connectivity index (χ4v) is 4.12. The highest BCUT2D eigenvalue weighted by Gasteiger charge is 2.42. The number of hydrogen-bond donors (Lipinski definition) is 2. The van der Waals surface area contributed by atoms with Crippen LogP contribution in [0.4, 0.5) is 4.39 Å². The van der Waals surface area contributed by atoms with Gasteiger partial charge in [-0.2, -0.15) is 0 Å². The molecule has 0 aromatic heterocycles. The summed E-state index contributed by atoms with van der Waals surface area (Å²) in [5, 5.41) is 12.9. The molecule has 1 aromatic carbocycles. The monoisotopic (exact) mass is 403 g/mol. The van der Waals surface area contributed by atoms with E-state index in [-0.39, 0.29) is 29.6 Å². The molecule has 1 saturated heterocycles. The van der Waals surface area contributed by atoms with E-state index in [1.165, 1.54) is 6.07 Å². The lowest BCUT2D eigenvalue weighted by Crippen LogP contribution is -2.62. The van der Waals surface area contributed by atoms with Crippen molar-refractivity contribution in [2.75, 3.05) is 13.6 Å². The van der Waals surface area contributed by atoms with E-state index in [4.69, 9.17) is 0 Å². The number of rotatable bonds is 7. The van der Waals surface area contributed by atoms with E-state index in [9.17, 15) is 19.1 Å². The van der Waals surface area contributed by atoms with E-state index in [1.54, 1.807) is 18.0 Å². The number of carbonyl (C=O) groups excluding carboxylic acids is 2. The number of carbonyl (C=O) groups is 2. The van der Waals surface area contributed by atoms with E-state index >= 15 is 0 Å². The van der Waals surface area contributed by atoms with Crippen molar-refractivity contribution in [3.8, 4) is 0 Å². The third kappa shape index (κ3) is 4.71. The minimum atomic E-state index is -0.584. The van der Waals surface area contributed by atoms with E-state index in [0.717, 1.165) is 43.2 Å². The Labute approximate surface area is 171 Å². The first-order valence-corrected chi connectivity index (χ1v) is 10.3. The third-order valence-corrected chi connectivity index (χ3v) is 5.84. The number of unbranched alkanes of at least 4 members (excludes halogenated alkanes) is 3. The van der Waals surface area contributed by atoms with Crippen LogP contribution in [0.3, 0.4) is 0 Å². The van der Waals surface area contributed by atoms with Gasteiger partial charge in [0.2, 0.25) is 5.76 Å². The molecule has 1 unspecified atom stereocenters. The number of amides is 2. The lowest BCUT2D eigenvalue weighted by molar-refractivity contribution is -0.138. The summed E-state index contributed by atoms with van der Waals surface area (Å²) in [5.74, 6) is -1.57. The Bertz CT molecular complexity index is 803. The van der Waals surface area contributed by atoms with Crippen molar-refractivity contribution in [2.24, 2.45) is 0 Å². The number of hydrogen-bond acceptors (Lipinski definition) is 4. The molecule has 0 aliphatic carbocycles. The van der Waals surface area contributed by atoms with Crippen LogP contribution >= 0.6 is 0 Å². The van der Waals surface area contributed by atoms with Crippen molar-refractivity contribution in [1.82, 2.24) is 15.1 Å². The molecule has 2 heterocycles. The van der Waals surface area contributed by atoms with Gasteiger partial charge in [0.25, 0.3) is 11.8 Å². The predicted octanol–water partition coefficient (Wildman–Crippen LogP) is 3.02. The van der Waals surface area contributed by atoms with E-state index in [2.05, 4.69) is 5.32 Å². The highest BCUT2D eigenvalue weighted by Crippen LogP contribution is 2.27. The molecule has 0 radical (unpaired) electrons. The Kier molecular flexibility index (Phi) is 6.45. The highest BCUT2D eigenvalue weighted by molar-refractivity contribution is 6.04. The van der Waals surface area contributed by atoms with Crippen LogP contribution in [0.1, 0.15) is 50.2 Å². The molecule has 1 fully saturated rings. The molecule has 0 bridgehead atoms. The van der Waals surface area contributed by atoms with Crippen LogP contribution in [0.2, 0.25) is 0 Å². The standard InChI is InChI=1S/C22H30FN3O3/c1-14-10-16(12-17(23)11-14)8-6-4-5-7-9-18-24-21(28)20(27)19-22(29)25(3)15(2)13-26(18)19/h10-12,15,18,27H,4-9,13H2,1-3H3,(H,24,28)/t15-,18?/m0/s1. The molecule has 2 N–H and O–H groups in total. The number of halogens is 1. The number of aliphatic hydroxyl groups is 1. The third-order valence-electron chi connectivity index (χ3n) is 5.84. The molecule has 0 spiro atoms. The first-order valence-electron chi connectivity index (χ1n) is 10.3. The number of aryl methyl sites for hydroxylation is 2. The van der Waals surface area contributed by atoms with Crippen LogP contribution in [0, 0.1) is 12.7 Å². The number of fused-ring (bicyclic) bond motifs is 1. The Hall–Kier alpha value is -2.57. The van der Waals surface area contributed by atoms with Gasteiger partial charge in [-0.1, -0.05) is 18.9 Å². The molecule has 2 atom stereocenters. The molecular formula is C22H30FN3O3. The number of nitrogens with one attached hydrogen (secondary N) is 1.